The van der Waals surface area contributed by atoms with Gasteiger partial charge in [0.05, 0.1) is 27.7 Å². The van der Waals surface area contributed by atoms with Gasteiger partial charge in [-0.25, -0.2) is 18.2 Å². The van der Waals surface area contributed by atoms with Crippen LogP contribution in [0.3, 0.4) is 0 Å². The molecule has 0 aliphatic rings. The molecule has 3 aromatic rings. The molecule has 0 aromatic heterocycles. The van der Waals surface area contributed by atoms with E-state index in [-0.39, 0.29) is 16.5 Å². The zero-order valence-corrected chi connectivity index (χ0v) is 18.9. The Labute approximate surface area is 195 Å². The van der Waals surface area contributed by atoms with E-state index in [2.05, 4.69) is 10.5 Å². The Bertz CT molecular complexity index is 1220. The van der Waals surface area contributed by atoms with Crippen molar-refractivity contribution in [2.24, 2.45) is 5.10 Å². The fourth-order valence-electron chi connectivity index (χ4n) is 2.75. The normalized spacial score (nSPS) is 11.8. The van der Waals surface area contributed by atoms with Gasteiger partial charge in [0.1, 0.15) is 5.82 Å². The first-order valence-electron chi connectivity index (χ1n) is 9.33. The average molecular weight is 494 g/mol. The Hall–Kier alpha value is -2.78. The van der Waals surface area contributed by atoms with Crippen molar-refractivity contribution < 1.29 is 17.6 Å². The highest BCUT2D eigenvalue weighted by Gasteiger charge is 2.26. The molecule has 10 heteroatoms. The molecule has 3 rings (SSSR count). The summed E-state index contributed by atoms with van der Waals surface area (Å²) in [5.74, 6) is -1.11. The number of halogens is 3. The number of rotatable bonds is 8. The number of carbonyl (C=O) groups is 1. The van der Waals surface area contributed by atoms with Gasteiger partial charge >= 0.3 is 0 Å². The Morgan fingerprint density at radius 3 is 2.38 bits per heavy atom. The number of amides is 1. The molecule has 1 N–H and O–H groups in total. The highest BCUT2D eigenvalue weighted by molar-refractivity contribution is 7.89. The third-order valence-electron chi connectivity index (χ3n) is 4.35. The summed E-state index contributed by atoms with van der Waals surface area (Å²) in [6.07, 6.45) is 1.31. The molecule has 0 fully saturated rings. The molecule has 0 spiro atoms. The molecule has 0 bridgehead atoms. The second-order valence-electron chi connectivity index (χ2n) is 6.65. The van der Waals surface area contributed by atoms with Crippen LogP contribution in [0.2, 0.25) is 10.0 Å². The minimum atomic E-state index is -4.01. The van der Waals surface area contributed by atoms with Crippen LogP contribution in [0.15, 0.2) is 82.8 Å². The summed E-state index contributed by atoms with van der Waals surface area (Å²) >= 11 is 12.0. The molecular weight excluding hydrogens is 476 g/mol. The van der Waals surface area contributed by atoms with Gasteiger partial charge in [-0.15, -0.1) is 0 Å². The van der Waals surface area contributed by atoms with Crippen LogP contribution >= 0.6 is 23.2 Å². The van der Waals surface area contributed by atoms with E-state index < -0.39 is 28.3 Å². The molecule has 0 aliphatic carbocycles. The number of hydrogen-bond donors (Lipinski definition) is 1. The van der Waals surface area contributed by atoms with Crippen LogP contribution in [0.5, 0.6) is 0 Å². The van der Waals surface area contributed by atoms with E-state index in [0.717, 1.165) is 4.31 Å². The molecule has 0 saturated carbocycles. The molecule has 0 saturated heterocycles. The molecule has 0 unspecified atom stereocenters. The smallest absolute Gasteiger partial charge is 0.255 e. The largest absolute Gasteiger partial charge is 0.272 e. The summed E-state index contributed by atoms with van der Waals surface area (Å²) in [5, 5.41) is 4.44. The van der Waals surface area contributed by atoms with Gasteiger partial charge < -0.3 is 0 Å². The summed E-state index contributed by atoms with van der Waals surface area (Å²) in [6.45, 7) is -0.635. The Balaban J connectivity index is 1.78. The lowest BCUT2D eigenvalue weighted by Crippen LogP contribution is -2.39. The van der Waals surface area contributed by atoms with Gasteiger partial charge in [0.2, 0.25) is 10.0 Å². The molecule has 32 heavy (non-hydrogen) atoms. The maximum Gasteiger partial charge on any atom is 0.255 e. The number of nitrogens with zero attached hydrogens (tertiary/aromatic N) is 2. The highest BCUT2D eigenvalue weighted by Crippen LogP contribution is 2.24. The molecule has 166 valence electrons. The lowest BCUT2D eigenvalue weighted by molar-refractivity contribution is -0.121. The first-order chi connectivity index (χ1) is 15.3. The predicted molar refractivity (Wildman–Crippen MR) is 123 cm³/mol. The third-order valence-corrected chi connectivity index (χ3v) is 6.99. The lowest BCUT2D eigenvalue weighted by atomic mass is 10.2. The molecule has 6 nitrogen and oxygen atoms in total. The van der Waals surface area contributed by atoms with Gasteiger partial charge in [0.15, 0.2) is 0 Å². The standard InChI is InChI=1S/C22H18Cl2FN3O3S/c23-20-8-4-5-17(22(20)24)13-26-27-21(29)15-28(14-16-9-11-18(25)12-10-16)32(30,31)19-6-2-1-3-7-19/h1-13H,14-15H2,(H,27,29)/b26-13-. The first-order valence-corrected chi connectivity index (χ1v) is 11.5. The molecular formula is C22H18Cl2FN3O3S. The van der Waals surface area contributed by atoms with E-state index in [4.69, 9.17) is 23.2 Å². The zero-order valence-electron chi connectivity index (χ0n) is 16.6. The number of carbonyl (C=O) groups excluding carboxylic acids is 1. The van der Waals surface area contributed by atoms with Crippen molar-refractivity contribution in [1.82, 2.24) is 9.73 Å². The van der Waals surface area contributed by atoms with Crippen molar-refractivity contribution in [2.75, 3.05) is 6.54 Å². The zero-order chi connectivity index (χ0) is 23.1. The minimum Gasteiger partial charge on any atom is -0.272 e. The number of hydrazone groups is 1. The number of nitrogens with one attached hydrogen (secondary N) is 1. The monoisotopic (exact) mass is 493 g/mol. The van der Waals surface area contributed by atoms with Crippen LogP contribution in [-0.2, 0) is 21.4 Å². The second-order valence-corrected chi connectivity index (χ2v) is 9.37. The summed E-state index contributed by atoms with van der Waals surface area (Å²) < 4.78 is 40.5. The van der Waals surface area contributed by atoms with Crippen molar-refractivity contribution in [1.29, 1.82) is 0 Å². The van der Waals surface area contributed by atoms with E-state index in [1.54, 1.807) is 36.4 Å². The van der Waals surface area contributed by atoms with Crippen LogP contribution < -0.4 is 5.43 Å². The molecule has 1 amide bonds. The van der Waals surface area contributed by atoms with Crippen molar-refractivity contribution >= 4 is 45.3 Å². The summed E-state index contributed by atoms with van der Waals surface area (Å²) in [4.78, 5) is 12.5. The van der Waals surface area contributed by atoms with Gasteiger partial charge in [-0.3, -0.25) is 4.79 Å². The molecule has 0 aliphatic heterocycles. The van der Waals surface area contributed by atoms with E-state index in [0.29, 0.717) is 16.1 Å². The molecule has 0 radical (unpaired) electrons. The van der Waals surface area contributed by atoms with Crippen LogP contribution in [-0.4, -0.2) is 31.4 Å². The van der Waals surface area contributed by atoms with Crippen molar-refractivity contribution in [3.63, 3.8) is 0 Å². The minimum absolute atomic E-state index is 0.0316. The number of benzene rings is 3. The van der Waals surface area contributed by atoms with Crippen LogP contribution in [0, 0.1) is 5.82 Å². The van der Waals surface area contributed by atoms with Crippen LogP contribution in [0.4, 0.5) is 4.39 Å². The molecule has 0 heterocycles. The summed E-state index contributed by atoms with van der Waals surface area (Å²) in [7, 11) is -4.01. The Morgan fingerprint density at radius 2 is 1.69 bits per heavy atom. The van der Waals surface area contributed by atoms with Gasteiger partial charge in [0.25, 0.3) is 5.91 Å². The summed E-state index contributed by atoms with van der Waals surface area (Å²) in [5.41, 5.74) is 3.30. The highest BCUT2D eigenvalue weighted by atomic mass is 35.5. The van der Waals surface area contributed by atoms with Gasteiger partial charge in [-0.2, -0.15) is 9.41 Å². The van der Waals surface area contributed by atoms with Gasteiger partial charge in [0, 0.05) is 12.1 Å². The third kappa shape index (κ3) is 6.14. The van der Waals surface area contributed by atoms with Crippen molar-refractivity contribution in [3.05, 3.63) is 99.8 Å². The van der Waals surface area contributed by atoms with Gasteiger partial charge in [-0.05, 0) is 35.9 Å². The fraction of sp³-hybridized carbons (Fsp3) is 0.0909. The maximum atomic E-state index is 13.2. The molecule has 0 atom stereocenters. The molecule has 3 aromatic carbocycles. The summed E-state index contributed by atoms with van der Waals surface area (Å²) in [6, 6.07) is 18.0. The van der Waals surface area contributed by atoms with E-state index in [1.165, 1.54) is 42.6 Å². The Morgan fingerprint density at radius 1 is 1.00 bits per heavy atom. The van der Waals surface area contributed by atoms with Crippen molar-refractivity contribution in [2.45, 2.75) is 11.4 Å². The first kappa shape index (κ1) is 23.9. The number of sulfonamides is 1. The maximum absolute atomic E-state index is 13.2. The lowest BCUT2D eigenvalue weighted by Gasteiger charge is -2.21. The second kappa shape index (κ2) is 10.7. The predicted octanol–water partition coefficient (Wildman–Crippen LogP) is 4.47. The van der Waals surface area contributed by atoms with E-state index in [1.807, 2.05) is 0 Å². The van der Waals surface area contributed by atoms with E-state index in [9.17, 15) is 17.6 Å². The SMILES string of the molecule is O=C(CN(Cc1ccc(F)cc1)S(=O)(=O)c1ccccc1)N/N=C\c1cccc(Cl)c1Cl. The van der Waals surface area contributed by atoms with E-state index >= 15 is 0 Å². The van der Waals surface area contributed by atoms with Crippen molar-refractivity contribution in [3.8, 4) is 0 Å². The van der Waals surface area contributed by atoms with Gasteiger partial charge in [-0.1, -0.05) is 65.7 Å². The Kier molecular flexibility index (Phi) is 7.98. The fourth-order valence-corrected chi connectivity index (χ4v) is 4.51. The van der Waals surface area contributed by atoms with Crippen LogP contribution in [0.1, 0.15) is 11.1 Å². The quantitative estimate of drug-likeness (QED) is 0.371. The topological polar surface area (TPSA) is 78.8 Å². The van der Waals surface area contributed by atoms with Crippen LogP contribution in [0.25, 0.3) is 0 Å². The number of hydrogen-bond acceptors (Lipinski definition) is 4. The average Bonchev–Trinajstić information content (AvgIpc) is 2.78.